The van der Waals surface area contributed by atoms with Gasteiger partial charge in [-0.2, -0.15) is 13.2 Å². The smallest absolute Gasteiger partial charge is 0.417 e. The van der Waals surface area contributed by atoms with E-state index in [1.807, 2.05) is 6.07 Å². The third-order valence-corrected chi connectivity index (χ3v) is 5.93. The first-order valence-electron chi connectivity index (χ1n) is 12.1. The highest BCUT2D eigenvalue weighted by Gasteiger charge is 2.35. The molecule has 1 aliphatic heterocycles. The summed E-state index contributed by atoms with van der Waals surface area (Å²) in [5.41, 5.74) is -1.11. The summed E-state index contributed by atoms with van der Waals surface area (Å²) < 4.78 is 46.2. The Hall–Kier alpha value is -3.01. The number of fused-ring (bicyclic) bond motifs is 1. The molecule has 0 aliphatic carbocycles. The van der Waals surface area contributed by atoms with Gasteiger partial charge in [0.2, 0.25) is 0 Å². The van der Waals surface area contributed by atoms with Crippen molar-refractivity contribution in [1.29, 1.82) is 0 Å². The molecule has 36 heavy (non-hydrogen) atoms. The second-order valence-corrected chi connectivity index (χ2v) is 10.4. The molecule has 198 valence electrons. The SMILES string of the molecule is C=C(c1nc(NCC(C)NC(=O)OC(C)(C)C)cc2c(NC3CCN(C)CC3)cccc12)C(F)(F)F. The molecule has 1 aliphatic rings. The molecule has 1 amide bonds. The molecule has 1 aromatic heterocycles. The average Bonchev–Trinajstić information content (AvgIpc) is 2.76. The molecule has 0 radical (unpaired) electrons. The maximum Gasteiger partial charge on any atom is 0.417 e. The second-order valence-electron chi connectivity index (χ2n) is 10.4. The van der Waals surface area contributed by atoms with Crippen LogP contribution in [0.5, 0.6) is 0 Å². The van der Waals surface area contributed by atoms with E-state index >= 15 is 0 Å². The van der Waals surface area contributed by atoms with Crippen molar-refractivity contribution in [3.63, 3.8) is 0 Å². The molecule has 1 saturated heterocycles. The van der Waals surface area contributed by atoms with Crippen LogP contribution < -0.4 is 16.0 Å². The summed E-state index contributed by atoms with van der Waals surface area (Å²) >= 11 is 0. The Morgan fingerprint density at radius 2 is 1.89 bits per heavy atom. The average molecular weight is 508 g/mol. The van der Waals surface area contributed by atoms with E-state index in [1.165, 1.54) is 0 Å². The summed E-state index contributed by atoms with van der Waals surface area (Å²) in [5, 5.41) is 10.3. The van der Waals surface area contributed by atoms with Crippen LogP contribution in [0.1, 0.15) is 46.2 Å². The molecule has 0 spiro atoms. The normalized spacial score (nSPS) is 16.4. The summed E-state index contributed by atoms with van der Waals surface area (Å²) in [6.45, 7) is 12.5. The first-order chi connectivity index (χ1) is 16.7. The summed E-state index contributed by atoms with van der Waals surface area (Å²) in [5.74, 6) is 0.262. The number of amides is 1. The number of allylic oxidation sites excluding steroid dienone is 1. The van der Waals surface area contributed by atoms with Crippen molar-refractivity contribution in [3.05, 3.63) is 36.5 Å². The Bertz CT molecular complexity index is 1090. The van der Waals surface area contributed by atoms with E-state index in [1.54, 1.807) is 45.9 Å². The molecule has 1 aromatic carbocycles. The van der Waals surface area contributed by atoms with E-state index in [2.05, 4.69) is 39.5 Å². The quantitative estimate of drug-likeness (QED) is 0.450. The van der Waals surface area contributed by atoms with Crippen molar-refractivity contribution in [2.24, 2.45) is 0 Å². The number of nitrogens with one attached hydrogen (secondary N) is 3. The molecule has 1 fully saturated rings. The number of nitrogens with zero attached hydrogens (tertiary/aromatic N) is 2. The first-order valence-corrected chi connectivity index (χ1v) is 12.1. The largest absolute Gasteiger partial charge is 0.444 e. The summed E-state index contributed by atoms with van der Waals surface area (Å²) in [7, 11) is 2.07. The molecular weight excluding hydrogens is 471 g/mol. The Balaban J connectivity index is 1.88. The van der Waals surface area contributed by atoms with E-state index < -0.39 is 23.4 Å². The van der Waals surface area contributed by atoms with Crippen molar-refractivity contribution < 1.29 is 22.7 Å². The standard InChI is InChI=1S/C26H36F3N5O2/c1-16(31-24(35)36-25(3,4)5)15-30-22-14-20-19(23(33-22)17(2)26(27,28)29)8-7-9-21(20)32-18-10-12-34(6)13-11-18/h7-9,14,16,18,32H,2,10-13,15H2,1,3-6H3,(H,30,33)(H,31,35). The number of piperidine rings is 1. The van der Waals surface area contributed by atoms with E-state index in [0.29, 0.717) is 10.8 Å². The molecule has 3 rings (SSSR count). The maximum atomic E-state index is 13.7. The Morgan fingerprint density at radius 1 is 1.22 bits per heavy atom. The van der Waals surface area contributed by atoms with Crippen LogP contribution >= 0.6 is 0 Å². The molecule has 1 atom stereocenters. The lowest BCUT2D eigenvalue weighted by molar-refractivity contribution is -0.0688. The fraction of sp³-hybridized carbons (Fsp3) is 0.538. The number of carbonyl (C=O) groups excluding carboxylic acids is 1. The second kappa shape index (κ2) is 10.9. The number of alkyl halides is 3. The van der Waals surface area contributed by atoms with Crippen LogP contribution in [-0.2, 0) is 4.74 Å². The molecule has 10 heteroatoms. The molecule has 0 bridgehead atoms. The number of halogens is 3. The third-order valence-electron chi connectivity index (χ3n) is 5.93. The molecule has 2 heterocycles. The monoisotopic (exact) mass is 507 g/mol. The topological polar surface area (TPSA) is 78.5 Å². The third kappa shape index (κ3) is 7.49. The van der Waals surface area contributed by atoms with Gasteiger partial charge in [0.1, 0.15) is 11.4 Å². The van der Waals surface area contributed by atoms with E-state index in [0.717, 1.165) is 31.6 Å². The van der Waals surface area contributed by atoms with Crippen molar-refractivity contribution in [2.45, 2.75) is 64.4 Å². The number of ether oxygens (including phenoxy) is 1. The summed E-state index contributed by atoms with van der Waals surface area (Å²) in [6.07, 6.45) is -3.31. The van der Waals surface area contributed by atoms with Gasteiger partial charge in [0.15, 0.2) is 0 Å². The Labute approximate surface area is 210 Å². The minimum absolute atomic E-state index is 0.220. The number of anilines is 2. The van der Waals surface area contributed by atoms with E-state index in [-0.39, 0.29) is 30.1 Å². The van der Waals surface area contributed by atoms with Crippen LogP contribution in [0.2, 0.25) is 0 Å². The van der Waals surface area contributed by atoms with Gasteiger partial charge >= 0.3 is 12.3 Å². The number of hydrogen-bond donors (Lipinski definition) is 3. The van der Waals surface area contributed by atoms with Crippen molar-refractivity contribution in [3.8, 4) is 0 Å². The Kier molecular flexibility index (Phi) is 8.38. The first kappa shape index (κ1) is 27.6. The van der Waals surface area contributed by atoms with Crippen LogP contribution in [0.25, 0.3) is 16.3 Å². The predicted octanol–water partition coefficient (Wildman–Crippen LogP) is 5.64. The van der Waals surface area contributed by atoms with Gasteiger partial charge in [-0.15, -0.1) is 0 Å². The zero-order valence-electron chi connectivity index (χ0n) is 21.6. The number of rotatable bonds is 7. The zero-order chi connectivity index (χ0) is 26.7. The van der Waals surface area contributed by atoms with Gasteiger partial charge in [0.25, 0.3) is 0 Å². The number of benzene rings is 1. The molecule has 7 nitrogen and oxygen atoms in total. The van der Waals surface area contributed by atoms with Gasteiger partial charge in [-0.25, -0.2) is 9.78 Å². The zero-order valence-corrected chi connectivity index (χ0v) is 21.6. The van der Waals surface area contributed by atoms with Gasteiger partial charge < -0.3 is 25.6 Å². The fourth-order valence-corrected chi connectivity index (χ4v) is 4.05. The van der Waals surface area contributed by atoms with Crippen LogP contribution in [0.15, 0.2) is 30.8 Å². The highest BCUT2D eigenvalue weighted by atomic mass is 19.4. The summed E-state index contributed by atoms with van der Waals surface area (Å²) in [4.78, 5) is 18.6. The van der Waals surface area contributed by atoms with Gasteiger partial charge in [-0.3, -0.25) is 0 Å². The van der Waals surface area contributed by atoms with Crippen LogP contribution in [0.4, 0.5) is 29.5 Å². The molecular formula is C26H36F3N5O2. The maximum absolute atomic E-state index is 13.7. The number of aromatic nitrogens is 1. The number of hydrogen-bond acceptors (Lipinski definition) is 6. The van der Waals surface area contributed by atoms with Crippen molar-refractivity contribution >= 4 is 33.9 Å². The van der Waals surface area contributed by atoms with Crippen LogP contribution in [0.3, 0.4) is 0 Å². The van der Waals surface area contributed by atoms with Gasteiger partial charge in [0, 0.05) is 35.1 Å². The fourth-order valence-electron chi connectivity index (χ4n) is 4.05. The van der Waals surface area contributed by atoms with Crippen LogP contribution in [-0.4, -0.2) is 66.5 Å². The number of pyridine rings is 1. The Morgan fingerprint density at radius 3 is 2.50 bits per heavy atom. The minimum Gasteiger partial charge on any atom is -0.444 e. The lowest BCUT2D eigenvalue weighted by atomic mass is 10.0. The highest BCUT2D eigenvalue weighted by molar-refractivity contribution is 6.01. The number of alkyl carbamates (subject to hydrolysis) is 1. The molecule has 3 N–H and O–H groups in total. The van der Waals surface area contributed by atoms with Gasteiger partial charge in [-0.05, 0) is 72.8 Å². The van der Waals surface area contributed by atoms with E-state index in [9.17, 15) is 18.0 Å². The van der Waals surface area contributed by atoms with Crippen LogP contribution in [0, 0.1) is 0 Å². The minimum atomic E-state index is -4.62. The lowest BCUT2D eigenvalue weighted by Gasteiger charge is -2.30. The van der Waals surface area contributed by atoms with Gasteiger partial charge in [0.05, 0.1) is 11.3 Å². The highest BCUT2D eigenvalue weighted by Crippen LogP contribution is 2.38. The molecule has 0 saturated carbocycles. The van der Waals surface area contributed by atoms with Crippen molar-refractivity contribution in [1.82, 2.24) is 15.2 Å². The number of carbonyl (C=O) groups is 1. The molecule has 1 unspecified atom stereocenters. The predicted molar refractivity (Wildman–Crippen MR) is 138 cm³/mol. The van der Waals surface area contributed by atoms with Gasteiger partial charge in [-0.1, -0.05) is 18.7 Å². The number of likely N-dealkylation sites (tertiary alicyclic amines) is 1. The summed E-state index contributed by atoms with van der Waals surface area (Å²) in [6, 6.07) is 6.83. The molecule has 2 aromatic rings. The van der Waals surface area contributed by atoms with Crippen molar-refractivity contribution in [2.75, 3.05) is 37.3 Å². The lowest BCUT2D eigenvalue weighted by Crippen LogP contribution is -2.40. The van der Waals surface area contributed by atoms with E-state index in [4.69, 9.17) is 4.74 Å².